The summed E-state index contributed by atoms with van der Waals surface area (Å²) in [7, 11) is 0. The van der Waals surface area contributed by atoms with Gasteiger partial charge >= 0.3 is 6.18 Å². The lowest BCUT2D eigenvalue weighted by Gasteiger charge is -2.00. The Morgan fingerprint density at radius 3 is 2.64 bits per heavy atom. The largest absolute Gasteiger partial charge is 0.508 e. The second-order valence-electron chi connectivity index (χ2n) is 2.71. The fourth-order valence-corrected chi connectivity index (χ4v) is 1.13. The molecule has 2 rings (SSSR count). The first-order chi connectivity index (χ1) is 6.48. The zero-order valence-electron chi connectivity index (χ0n) is 6.67. The van der Waals surface area contributed by atoms with Crippen LogP contribution < -0.4 is 0 Å². The Hall–Kier alpha value is -1.72. The van der Waals surface area contributed by atoms with E-state index in [-0.39, 0.29) is 16.7 Å². The van der Waals surface area contributed by atoms with Gasteiger partial charge in [-0.15, -0.1) is 0 Å². The molecule has 1 N–H and O–H groups in total. The summed E-state index contributed by atoms with van der Waals surface area (Å²) in [6, 6.07) is 3.46. The number of phenols is 1. The van der Waals surface area contributed by atoms with Crippen LogP contribution in [0, 0.1) is 0 Å². The van der Waals surface area contributed by atoms with E-state index in [9.17, 15) is 13.2 Å². The number of hydrogen-bond donors (Lipinski definition) is 1. The molecule has 6 heteroatoms. The summed E-state index contributed by atoms with van der Waals surface area (Å²) in [5.74, 6) is -1.45. The highest BCUT2D eigenvalue weighted by Crippen LogP contribution is 2.35. The number of hydrogen-bond acceptors (Lipinski definition) is 3. The molecule has 0 bridgehead atoms. The molecule has 0 atom stereocenters. The minimum Gasteiger partial charge on any atom is -0.508 e. The lowest BCUT2D eigenvalue weighted by molar-refractivity contribution is -0.154. The van der Waals surface area contributed by atoms with Crippen molar-refractivity contribution in [3.63, 3.8) is 0 Å². The van der Waals surface area contributed by atoms with E-state index < -0.39 is 11.9 Å². The van der Waals surface area contributed by atoms with E-state index in [0.717, 1.165) is 6.07 Å². The van der Waals surface area contributed by atoms with Gasteiger partial charge in [-0.3, -0.25) is 0 Å². The SMILES string of the molecule is Oc1ccc2noc(C(F)(F)F)c2c1. The van der Waals surface area contributed by atoms with E-state index in [1.807, 2.05) is 0 Å². The third-order valence-corrected chi connectivity index (χ3v) is 1.72. The van der Waals surface area contributed by atoms with E-state index in [4.69, 9.17) is 5.11 Å². The second-order valence-corrected chi connectivity index (χ2v) is 2.71. The molecule has 0 spiro atoms. The average Bonchev–Trinajstić information content (AvgIpc) is 2.45. The molecule has 1 aromatic heterocycles. The number of aromatic hydroxyl groups is 1. The van der Waals surface area contributed by atoms with Crippen LogP contribution in [-0.4, -0.2) is 10.3 Å². The van der Waals surface area contributed by atoms with Crippen molar-refractivity contribution in [3.05, 3.63) is 24.0 Å². The topological polar surface area (TPSA) is 46.3 Å². The number of aromatic nitrogens is 1. The predicted octanol–water partition coefficient (Wildman–Crippen LogP) is 2.55. The van der Waals surface area contributed by atoms with Gasteiger partial charge in [-0.2, -0.15) is 13.2 Å². The predicted molar refractivity (Wildman–Crippen MR) is 40.7 cm³/mol. The number of alkyl halides is 3. The van der Waals surface area contributed by atoms with Crippen LogP contribution in [0.3, 0.4) is 0 Å². The molecule has 1 heterocycles. The first-order valence-electron chi connectivity index (χ1n) is 3.64. The van der Waals surface area contributed by atoms with Gasteiger partial charge in [0.05, 0.1) is 5.39 Å². The summed E-state index contributed by atoms with van der Waals surface area (Å²) in [5, 5.41) is 12.0. The molecule has 3 nitrogen and oxygen atoms in total. The van der Waals surface area contributed by atoms with E-state index in [1.165, 1.54) is 12.1 Å². The zero-order chi connectivity index (χ0) is 10.3. The number of halogens is 3. The standard InChI is InChI=1S/C8H4F3NO2/c9-8(10,11)7-5-3-4(13)1-2-6(5)12-14-7/h1-3,13H. The molecule has 0 aliphatic rings. The Kier molecular flexibility index (Phi) is 1.67. The molecule has 0 radical (unpaired) electrons. The Labute approximate surface area is 75.7 Å². The molecule has 0 saturated carbocycles. The molecule has 1 aromatic carbocycles. The molecule has 74 valence electrons. The number of benzene rings is 1. The van der Waals surface area contributed by atoms with Crippen molar-refractivity contribution >= 4 is 10.9 Å². The summed E-state index contributed by atoms with van der Waals surface area (Å²) in [5.41, 5.74) is 0.0649. The Morgan fingerprint density at radius 1 is 1.29 bits per heavy atom. The molecule has 14 heavy (non-hydrogen) atoms. The summed E-state index contributed by atoms with van der Waals surface area (Å²) in [6.07, 6.45) is -4.59. The van der Waals surface area contributed by atoms with Crippen molar-refractivity contribution in [2.24, 2.45) is 0 Å². The van der Waals surface area contributed by atoms with Crippen molar-refractivity contribution in [2.75, 3.05) is 0 Å². The Morgan fingerprint density at radius 2 is 2.00 bits per heavy atom. The van der Waals surface area contributed by atoms with Crippen LogP contribution in [0.5, 0.6) is 5.75 Å². The Balaban J connectivity index is 2.73. The fraction of sp³-hybridized carbons (Fsp3) is 0.125. The van der Waals surface area contributed by atoms with E-state index in [1.54, 1.807) is 0 Å². The highest BCUT2D eigenvalue weighted by molar-refractivity contribution is 5.82. The second kappa shape index (κ2) is 2.63. The summed E-state index contributed by atoms with van der Waals surface area (Å²) >= 11 is 0. The van der Waals surface area contributed by atoms with Gasteiger partial charge in [-0.1, -0.05) is 5.16 Å². The van der Waals surface area contributed by atoms with E-state index >= 15 is 0 Å². The van der Waals surface area contributed by atoms with Crippen LogP contribution in [0.15, 0.2) is 22.7 Å². The van der Waals surface area contributed by atoms with Gasteiger partial charge in [-0.25, -0.2) is 0 Å². The number of phenolic OH excluding ortho intramolecular Hbond substituents is 1. The van der Waals surface area contributed by atoms with Gasteiger partial charge in [0.15, 0.2) is 0 Å². The lowest BCUT2D eigenvalue weighted by atomic mass is 10.2. The molecular formula is C8H4F3NO2. The smallest absolute Gasteiger partial charge is 0.453 e. The molecule has 2 aromatic rings. The maximum absolute atomic E-state index is 12.3. The van der Waals surface area contributed by atoms with Crippen LogP contribution in [0.1, 0.15) is 5.76 Å². The maximum Gasteiger partial charge on any atom is 0.453 e. The van der Waals surface area contributed by atoms with Gasteiger partial charge in [0.2, 0.25) is 5.76 Å². The minimum absolute atomic E-state index is 0.0649. The van der Waals surface area contributed by atoms with Crippen molar-refractivity contribution in [2.45, 2.75) is 6.18 Å². The third-order valence-electron chi connectivity index (χ3n) is 1.72. The zero-order valence-corrected chi connectivity index (χ0v) is 6.67. The summed E-state index contributed by atoms with van der Waals surface area (Å²) < 4.78 is 41.0. The Bertz CT molecular complexity index is 475. The monoisotopic (exact) mass is 203 g/mol. The highest BCUT2D eigenvalue weighted by atomic mass is 19.4. The fourth-order valence-electron chi connectivity index (χ4n) is 1.13. The van der Waals surface area contributed by atoms with Gasteiger partial charge in [0, 0.05) is 0 Å². The van der Waals surface area contributed by atoms with Crippen LogP contribution in [-0.2, 0) is 6.18 Å². The number of fused-ring (bicyclic) bond motifs is 1. The quantitative estimate of drug-likeness (QED) is 0.715. The maximum atomic E-state index is 12.3. The molecule has 0 fully saturated rings. The molecule has 0 saturated heterocycles. The van der Waals surface area contributed by atoms with Crippen molar-refractivity contribution in [1.29, 1.82) is 0 Å². The van der Waals surface area contributed by atoms with Crippen LogP contribution in [0.2, 0.25) is 0 Å². The molecular weight excluding hydrogens is 199 g/mol. The first kappa shape index (κ1) is 8.86. The number of rotatable bonds is 0. The van der Waals surface area contributed by atoms with E-state index in [2.05, 4.69) is 9.68 Å². The lowest BCUT2D eigenvalue weighted by Crippen LogP contribution is -2.03. The highest BCUT2D eigenvalue weighted by Gasteiger charge is 2.38. The van der Waals surface area contributed by atoms with Crippen LogP contribution in [0.25, 0.3) is 10.9 Å². The molecule has 0 aliphatic heterocycles. The molecule has 0 aliphatic carbocycles. The van der Waals surface area contributed by atoms with Gasteiger partial charge in [0.25, 0.3) is 0 Å². The van der Waals surface area contributed by atoms with E-state index in [0.29, 0.717) is 0 Å². The minimum atomic E-state index is -4.59. The van der Waals surface area contributed by atoms with Crippen molar-refractivity contribution in [3.8, 4) is 5.75 Å². The average molecular weight is 203 g/mol. The summed E-state index contributed by atoms with van der Waals surface area (Å²) in [6.45, 7) is 0. The van der Waals surface area contributed by atoms with Gasteiger partial charge < -0.3 is 9.63 Å². The van der Waals surface area contributed by atoms with Crippen LogP contribution in [0.4, 0.5) is 13.2 Å². The number of nitrogens with zero attached hydrogens (tertiary/aromatic N) is 1. The third kappa shape index (κ3) is 1.28. The summed E-state index contributed by atoms with van der Waals surface area (Å²) in [4.78, 5) is 0. The molecule has 0 unspecified atom stereocenters. The van der Waals surface area contributed by atoms with Gasteiger partial charge in [-0.05, 0) is 18.2 Å². The van der Waals surface area contributed by atoms with Crippen molar-refractivity contribution in [1.82, 2.24) is 5.16 Å². The first-order valence-corrected chi connectivity index (χ1v) is 3.64. The van der Waals surface area contributed by atoms with Crippen LogP contribution >= 0.6 is 0 Å². The van der Waals surface area contributed by atoms with Crippen molar-refractivity contribution < 1.29 is 22.8 Å². The van der Waals surface area contributed by atoms with Gasteiger partial charge in [0.1, 0.15) is 11.3 Å². The normalized spacial score (nSPS) is 12.2. The molecule has 0 amide bonds.